The fourth-order valence-electron chi connectivity index (χ4n) is 1.65. The Balaban J connectivity index is 0.000000478. The Morgan fingerprint density at radius 2 is 1.59 bits per heavy atom. The molecule has 1 aromatic heterocycles. The molecule has 1 heterocycles. The molecule has 2 aromatic rings. The van der Waals surface area contributed by atoms with Gasteiger partial charge in [-0.15, -0.1) is 42.0 Å². The van der Waals surface area contributed by atoms with Gasteiger partial charge in [-0.3, -0.25) is 0 Å². The van der Waals surface area contributed by atoms with Crippen LogP contribution in [0.3, 0.4) is 0 Å². The van der Waals surface area contributed by atoms with Crippen LogP contribution in [-0.4, -0.2) is 27.4 Å². The molecule has 22 heavy (non-hydrogen) atoms. The molecule has 0 aliphatic rings. The van der Waals surface area contributed by atoms with Gasteiger partial charge in [-0.1, -0.05) is 18.2 Å². The maximum atomic E-state index is 8.56. The van der Waals surface area contributed by atoms with E-state index in [-0.39, 0.29) is 32.3 Å². The molecule has 0 aliphatic carbocycles. The third kappa shape index (κ3) is 10.4. The molecule has 121 valence electrons. The van der Waals surface area contributed by atoms with E-state index in [0.29, 0.717) is 6.42 Å². The number of aromatic nitrogens is 1. The molecular formula is C18H22IrNO2-. The third-order valence-electron chi connectivity index (χ3n) is 2.53. The van der Waals surface area contributed by atoms with Gasteiger partial charge in [0, 0.05) is 26.3 Å². The normalized spacial score (nSPS) is 12.7. The monoisotopic (exact) mass is 477 g/mol. The standard InChI is InChI=1S/C13H10N.C5H12O2.Ir/c1-2-6-12(7-3-1)9-10-13-8-4-5-11-14-13;1-4(6)3-5(2)7;/h1-8,10-11H;4-7H,3H2,1-2H3;/q-1;;. The van der Waals surface area contributed by atoms with E-state index in [1.165, 1.54) is 0 Å². The molecule has 0 amide bonds. The first-order valence-electron chi connectivity index (χ1n) is 7.00. The molecule has 1 radical (unpaired) electrons. The van der Waals surface area contributed by atoms with Gasteiger partial charge in [0.15, 0.2) is 0 Å². The SMILES string of the molecule is CC(O)CC(C)O.[C-](=Cc1ccccn1)c1ccccc1.[Ir]. The molecule has 0 fully saturated rings. The number of nitrogens with zero attached hydrogens (tertiary/aromatic N) is 1. The van der Waals surface area contributed by atoms with Crippen molar-refractivity contribution in [3.05, 3.63) is 72.1 Å². The van der Waals surface area contributed by atoms with Gasteiger partial charge in [0.05, 0.1) is 12.2 Å². The number of pyridine rings is 1. The van der Waals surface area contributed by atoms with Crippen LogP contribution >= 0.6 is 0 Å². The maximum absolute atomic E-state index is 8.56. The zero-order chi connectivity index (χ0) is 15.5. The summed E-state index contributed by atoms with van der Waals surface area (Å²) >= 11 is 0. The van der Waals surface area contributed by atoms with E-state index < -0.39 is 0 Å². The summed E-state index contributed by atoms with van der Waals surface area (Å²) in [5.74, 6) is 0. The average molecular weight is 477 g/mol. The summed E-state index contributed by atoms with van der Waals surface area (Å²) in [4.78, 5) is 4.18. The Labute approximate surface area is 146 Å². The smallest absolute Gasteiger partial charge is 0.0536 e. The molecular weight excluding hydrogens is 454 g/mol. The first-order valence-corrected chi connectivity index (χ1v) is 7.00. The summed E-state index contributed by atoms with van der Waals surface area (Å²) in [6.07, 6.45) is 6.56. The van der Waals surface area contributed by atoms with Crippen LogP contribution in [0.2, 0.25) is 0 Å². The molecule has 0 spiro atoms. The maximum Gasteiger partial charge on any atom is 0.0536 e. The van der Waals surface area contributed by atoms with E-state index in [9.17, 15) is 0 Å². The van der Waals surface area contributed by atoms with Crippen LogP contribution in [0.15, 0.2) is 54.7 Å². The van der Waals surface area contributed by atoms with Gasteiger partial charge in [0.25, 0.3) is 0 Å². The van der Waals surface area contributed by atoms with E-state index in [1.54, 1.807) is 20.0 Å². The Kier molecular flexibility index (Phi) is 11.5. The summed E-state index contributed by atoms with van der Waals surface area (Å²) in [6.45, 7) is 3.32. The van der Waals surface area contributed by atoms with Crippen LogP contribution in [0.5, 0.6) is 0 Å². The predicted molar refractivity (Wildman–Crippen MR) is 85.5 cm³/mol. The van der Waals surface area contributed by atoms with Crippen LogP contribution in [0.4, 0.5) is 0 Å². The van der Waals surface area contributed by atoms with Crippen molar-refractivity contribution >= 4 is 6.08 Å². The van der Waals surface area contributed by atoms with E-state index in [1.807, 2.05) is 54.6 Å². The second kappa shape index (κ2) is 12.2. The number of aliphatic hydroxyl groups is 2. The van der Waals surface area contributed by atoms with Gasteiger partial charge >= 0.3 is 0 Å². The Morgan fingerprint density at radius 3 is 2.05 bits per heavy atom. The van der Waals surface area contributed by atoms with Crippen molar-refractivity contribution in [1.29, 1.82) is 0 Å². The fraction of sp³-hybridized carbons (Fsp3) is 0.278. The van der Waals surface area contributed by atoms with Gasteiger partial charge < -0.3 is 15.2 Å². The number of benzene rings is 1. The van der Waals surface area contributed by atoms with E-state index in [0.717, 1.165) is 11.3 Å². The summed E-state index contributed by atoms with van der Waals surface area (Å²) in [7, 11) is 0. The zero-order valence-electron chi connectivity index (χ0n) is 12.8. The molecule has 0 bridgehead atoms. The van der Waals surface area contributed by atoms with E-state index >= 15 is 0 Å². The largest absolute Gasteiger partial charge is 0.393 e. The van der Waals surface area contributed by atoms with Gasteiger partial charge in [-0.05, 0) is 32.0 Å². The van der Waals surface area contributed by atoms with Gasteiger partial charge in [0.1, 0.15) is 0 Å². The van der Waals surface area contributed by atoms with Gasteiger partial charge in [0.2, 0.25) is 0 Å². The van der Waals surface area contributed by atoms with Crippen molar-refractivity contribution in [2.24, 2.45) is 0 Å². The number of rotatable bonds is 4. The van der Waals surface area contributed by atoms with Gasteiger partial charge in [-0.25, -0.2) is 0 Å². The Hall–Kier alpha value is -1.32. The quantitative estimate of drug-likeness (QED) is 0.667. The molecule has 0 saturated heterocycles. The topological polar surface area (TPSA) is 53.4 Å². The summed E-state index contributed by atoms with van der Waals surface area (Å²) < 4.78 is 0. The zero-order valence-corrected chi connectivity index (χ0v) is 15.2. The van der Waals surface area contributed by atoms with Crippen LogP contribution in [0, 0.1) is 6.08 Å². The molecule has 2 atom stereocenters. The van der Waals surface area contributed by atoms with Crippen LogP contribution in [-0.2, 0) is 20.1 Å². The van der Waals surface area contributed by atoms with Gasteiger partial charge in [-0.2, -0.15) is 0 Å². The number of aliphatic hydroxyl groups excluding tert-OH is 2. The molecule has 3 nitrogen and oxygen atoms in total. The second-order valence-corrected chi connectivity index (χ2v) is 4.84. The molecule has 2 N–H and O–H groups in total. The third-order valence-corrected chi connectivity index (χ3v) is 2.53. The average Bonchev–Trinajstić information content (AvgIpc) is 2.46. The molecule has 0 aliphatic heterocycles. The summed E-state index contributed by atoms with van der Waals surface area (Å²) in [5.41, 5.74) is 1.99. The summed E-state index contributed by atoms with van der Waals surface area (Å²) in [6, 6.07) is 15.8. The van der Waals surface area contributed by atoms with E-state index in [2.05, 4.69) is 11.1 Å². The molecule has 2 rings (SSSR count). The molecule has 1 aromatic carbocycles. The van der Waals surface area contributed by atoms with Crippen molar-refractivity contribution in [1.82, 2.24) is 4.98 Å². The van der Waals surface area contributed by atoms with Crippen molar-refractivity contribution in [2.75, 3.05) is 0 Å². The van der Waals surface area contributed by atoms with E-state index in [4.69, 9.17) is 10.2 Å². The molecule has 4 heteroatoms. The van der Waals surface area contributed by atoms with Crippen LogP contribution in [0.1, 0.15) is 31.5 Å². The van der Waals surface area contributed by atoms with Crippen molar-refractivity contribution in [3.63, 3.8) is 0 Å². The molecule has 0 saturated carbocycles. The van der Waals surface area contributed by atoms with Crippen molar-refractivity contribution in [2.45, 2.75) is 32.5 Å². The Bertz CT molecular complexity index is 466. The second-order valence-electron chi connectivity index (χ2n) is 4.84. The Morgan fingerprint density at radius 1 is 1.00 bits per heavy atom. The van der Waals surface area contributed by atoms with Crippen molar-refractivity contribution in [3.8, 4) is 0 Å². The minimum absolute atomic E-state index is 0. The number of hydrogen-bond donors (Lipinski definition) is 2. The molecule has 2 unspecified atom stereocenters. The summed E-state index contributed by atoms with van der Waals surface area (Å²) in [5, 5.41) is 17.1. The first kappa shape index (κ1) is 20.7. The van der Waals surface area contributed by atoms with Crippen molar-refractivity contribution < 1.29 is 30.3 Å². The first-order chi connectivity index (χ1) is 10.1. The van der Waals surface area contributed by atoms with Crippen LogP contribution in [0.25, 0.3) is 6.08 Å². The minimum atomic E-state index is -0.375. The predicted octanol–water partition coefficient (Wildman–Crippen LogP) is 3.08. The van der Waals surface area contributed by atoms with Crippen LogP contribution < -0.4 is 0 Å². The minimum Gasteiger partial charge on any atom is -0.393 e. The number of hydrogen-bond acceptors (Lipinski definition) is 3. The fourth-order valence-corrected chi connectivity index (χ4v) is 1.65.